The van der Waals surface area contributed by atoms with Crippen LogP contribution in [0.25, 0.3) is 0 Å². The Bertz CT molecular complexity index is 231. The summed E-state index contributed by atoms with van der Waals surface area (Å²) in [5, 5.41) is 3.39. The minimum absolute atomic E-state index is 0.546. The van der Waals surface area contributed by atoms with Crippen LogP contribution in [0.4, 0.5) is 0 Å². The molecule has 88 valence electrons. The van der Waals surface area contributed by atoms with Crippen molar-refractivity contribution in [2.24, 2.45) is 16.7 Å². The zero-order valence-electron chi connectivity index (χ0n) is 10.9. The first-order valence-corrected chi connectivity index (χ1v) is 6.29. The van der Waals surface area contributed by atoms with E-state index in [0.29, 0.717) is 10.8 Å². The Balaban J connectivity index is 1.85. The zero-order chi connectivity index (χ0) is 11.3. The molecule has 15 heavy (non-hydrogen) atoms. The fraction of sp³-hybridized carbons (Fsp3) is 1.00. The van der Waals surface area contributed by atoms with E-state index in [1.165, 1.54) is 26.1 Å². The smallest absolute Gasteiger partial charge is 0.0204 e. The van der Waals surface area contributed by atoms with E-state index in [1.54, 1.807) is 0 Å². The summed E-state index contributed by atoms with van der Waals surface area (Å²) in [6.07, 6.45) is 1.32. The van der Waals surface area contributed by atoms with Gasteiger partial charge in [0, 0.05) is 19.1 Å². The van der Waals surface area contributed by atoms with Gasteiger partial charge in [0.05, 0.1) is 0 Å². The lowest BCUT2D eigenvalue weighted by molar-refractivity contribution is 0.293. The number of nitrogens with one attached hydrogen (secondary N) is 1. The third kappa shape index (κ3) is 1.72. The summed E-state index contributed by atoms with van der Waals surface area (Å²) in [5.74, 6) is 0.889. The third-order valence-corrected chi connectivity index (χ3v) is 5.44. The third-order valence-electron chi connectivity index (χ3n) is 5.44. The van der Waals surface area contributed by atoms with Crippen LogP contribution in [0.5, 0.6) is 0 Å². The normalized spacial score (nSPS) is 34.6. The summed E-state index contributed by atoms with van der Waals surface area (Å²) in [5.41, 5.74) is 1.09. The molecule has 1 aliphatic heterocycles. The Hall–Kier alpha value is -0.0800. The highest BCUT2D eigenvalue weighted by atomic mass is 15.2. The second-order valence-corrected chi connectivity index (χ2v) is 6.53. The van der Waals surface area contributed by atoms with Gasteiger partial charge in [0.1, 0.15) is 0 Å². The van der Waals surface area contributed by atoms with Crippen LogP contribution in [-0.2, 0) is 0 Å². The van der Waals surface area contributed by atoms with Gasteiger partial charge in [0.15, 0.2) is 0 Å². The molecule has 0 spiro atoms. The van der Waals surface area contributed by atoms with Crippen LogP contribution in [0, 0.1) is 16.7 Å². The van der Waals surface area contributed by atoms with Crippen molar-refractivity contribution in [3.05, 3.63) is 0 Å². The van der Waals surface area contributed by atoms with Crippen LogP contribution in [0.15, 0.2) is 0 Å². The molecule has 0 radical (unpaired) electrons. The molecule has 1 N–H and O–H groups in total. The zero-order valence-corrected chi connectivity index (χ0v) is 10.9. The van der Waals surface area contributed by atoms with Gasteiger partial charge in [-0.1, -0.05) is 27.7 Å². The minimum atomic E-state index is 0.546. The van der Waals surface area contributed by atoms with Crippen molar-refractivity contribution >= 4 is 0 Å². The standard InChI is InChI=1S/C13H26N2/c1-12(2)11(13(12,3)4)9-15-7-6-10(8-15)14-5/h10-11,14H,6-9H2,1-5H3. The molecule has 0 amide bonds. The first kappa shape index (κ1) is 11.4. The summed E-state index contributed by atoms with van der Waals surface area (Å²) in [6, 6.07) is 0.731. The first-order chi connectivity index (χ1) is 6.89. The van der Waals surface area contributed by atoms with Crippen molar-refractivity contribution in [1.29, 1.82) is 0 Å². The lowest BCUT2D eigenvalue weighted by Crippen LogP contribution is -2.31. The maximum absolute atomic E-state index is 3.39. The van der Waals surface area contributed by atoms with Gasteiger partial charge in [-0.05, 0) is 36.8 Å². The van der Waals surface area contributed by atoms with E-state index in [9.17, 15) is 0 Å². The van der Waals surface area contributed by atoms with Crippen LogP contribution >= 0.6 is 0 Å². The highest BCUT2D eigenvalue weighted by Gasteiger charge is 2.64. The van der Waals surface area contributed by atoms with Gasteiger partial charge in [-0.2, -0.15) is 0 Å². The Kier molecular flexibility index (Phi) is 2.63. The predicted octanol–water partition coefficient (Wildman–Crippen LogP) is 1.96. The predicted molar refractivity (Wildman–Crippen MR) is 65.0 cm³/mol. The van der Waals surface area contributed by atoms with Crippen LogP contribution in [-0.4, -0.2) is 37.6 Å². The number of hydrogen-bond donors (Lipinski definition) is 1. The Morgan fingerprint density at radius 3 is 2.20 bits per heavy atom. The average molecular weight is 210 g/mol. The first-order valence-electron chi connectivity index (χ1n) is 6.29. The van der Waals surface area contributed by atoms with Gasteiger partial charge in [0.25, 0.3) is 0 Å². The van der Waals surface area contributed by atoms with Crippen LogP contribution in [0.3, 0.4) is 0 Å². The number of likely N-dealkylation sites (N-methyl/N-ethyl adjacent to an activating group) is 1. The molecule has 1 aliphatic carbocycles. The van der Waals surface area contributed by atoms with Crippen molar-refractivity contribution in [3.8, 4) is 0 Å². The summed E-state index contributed by atoms with van der Waals surface area (Å²) in [4.78, 5) is 2.64. The Morgan fingerprint density at radius 1 is 1.20 bits per heavy atom. The van der Waals surface area contributed by atoms with Gasteiger partial charge in [-0.15, -0.1) is 0 Å². The summed E-state index contributed by atoms with van der Waals surface area (Å²) in [7, 11) is 2.08. The fourth-order valence-corrected chi connectivity index (χ4v) is 3.28. The quantitative estimate of drug-likeness (QED) is 0.766. The molecule has 0 aromatic rings. The molecule has 1 saturated carbocycles. The van der Waals surface area contributed by atoms with E-state index in [0.717, 1.165) is 12.0 Å². The van der Waals surface area contributed by atoms with Crippen molar-refractivity contribution in [1.82, 2.24) is 10.2 Å². The van der Waals surface area contributed by atoms with Crippen molar-refractivity contribution < 1.29 is 0 Å². The maximum Gasteiger partial charge on any atom is 0.0204 e. The van der Waals surface area contributed by atoms with Gasteiger partial charge in [0.2, 0.25) is 0 Å². The highest BCUT2D eigenvalue weighted by molar-refractivity contribution is 5.13. The molecule has 0 bridgehead atoms. The van der Waals surface area contributed by atoms with Crippen LogP contribution in [0.1, 0.15) is 34.1 Å². The van der Waals surface area contributed by atoms with Gasteiger partial charge >= 0.3 is 0 Å². The molecule has 1 unspecified atom stereocenters. The minimum Gasteiger partial charge on any atom is -0.316 e. The molecule has 2 rings (SSSR count). The molecule has 1 heterocycles. The topological polar surface area (TPSA) is 15.3 Å². The fourth-order valence-electron chi connectivity index (χ4n) is 3.28. The van der Waals surface area contributed by atoms with E-state index in [4.69, 9.17) is 0 Å². The monoisotopic (exact) mass is 210 g/mol. The highest BCUT2D eigenvalue weighted by Crippen LogP contribution is 2.68. The SMILES string of the molecule is CNC1CCN(CC2C(C)(C)C2(C)C)C1. The summed E-state index contributed by atoms with van der Waals surface area (Å²) < 4.78 is 0. The van der Waals surface area contributed by atoms with Crippen molar-refractivity contribution in [2.45, 2.75) is 40.2 Å². The maximum atomic E-state index is 3.39. The number of hydrogen-bond acceptors (Lipinski definition) is 2. The molecule has 2 aliphatic rings. The van der Waals surface area contributed by atoms with E-state index in [-0.39, 0.29) is 0 Å². The molecule has 2 heteroatoms. The van der Waals surface area contributed by atoms with Gasteiger partial charge < -0.3 is 10.2 Å². The van der Waals surface area contributed by atoms with E-state index in [2.05, 4.69) is 45.0 Å². The van der Waals surface area contributed by atoms with E-state index >= 15 is 0 Å². The van der Waals surface area contributed by atoms with Crippen molar-refractivity contribution in [3.63, 3.8) is 0 Å². The second-order valence-electron chi connectivity index (χ2n) is 6.53. The second kappa shape index (κ2) is 3.46. The van der Waals surface area contributed by atoms with Crippen LogP contribution < -0.4 is 5.32 Å². The molecule has 1 saturated heterocycles. The Labute approximate surface area is 94.4 Å². The largest absolute Gasteiger partial charge is 0.316 e. The number of likely N-dealkylation sites (tertiary alicyclic amines) is 1. The lowest BCUT2D eigenvalue weighted by Gasteiger charge is -2.17. The lowest BCUT2D eigenvalue weighted by atomic mass is 10.0. The average Bonchev–Trinajstić information content (AvgIpc) is 2.60. The molecular formula is C13H26N2. The van der Waals surface area contributed by atoms with E-state index < -0.39 is 0 Å². The molecular weight excluding hydrogens is 184 g/mol. The molecule has 2 nitrogen and oxygen atoms in total. The summed E-state index contributed by atoms with van der Waals surface area (Å²) >= 11 is 0. The molecule has 0 aromatic carbocycles. The molecule has 2 fully saturated rings. The van der Waals surface area contributed by atoms with Gasteiger partial charge in [-0.3, -0.25) is 0 Å². The molecule has 1 atom stereocenters. The van der Waals surface area contributed by atoms with E-state index in [1.807, 2.05) is 0 Å². The Morgan fingerprint density at radius 2 is 1.80 bits per heavy atom. The van der Waals surface area contributed by atoms with Crippen LogP contribution in [0.2, 0.25) is 0 Å². The number of nitrogens with zero attached hydrogens (tertiary/aromatic N) is 1. The van der Waals surface area contributed by atoms with Crippen molar-refractivity contribution in [2.75, 3.05) is 26.7 Å². The molecule has 0 aromatic heterocycles. The number of rotatable bonds is 3. The summed E-state index contributed by atoms with van der Waals surface area (Å²) in [6.45, 7) is 13.5. The van der Waals surface area contributed by atoms with Gasteiger partial charge in [-0.25, -0.2) is 0 Å².